The second-order valence-corrected chi connectivity index (χ2v) is 6.21. The van der Waals surface area contributed by atoms with Gasteiger partial charge in [-0.05, 0) is 35.9 Å². The van der Waals surface area contributed by atoms with Crippen LogP contribution >= 0.6 is 11.6 Å². The number of nitrogens with zero attached hydrogens (tertiary/aromatic N) is 3. The van der Waals surface area contributed by atoms with Crippen LogP contribution in [0.2, 0.25) is 5.02 Å². The van der Waals surface area contributed by atoms with Gasteiger partial charge in [-0.2, -0.15) is 10.1 Å². The third-order valence-corrected chi connectivity index (χ3v) is 4.00. The average Bonchev–Trinajstić information content (AvgIpc) is 2.60. The van der Waals surface area contributed by atoms with Gasteiger partial charge < -0.3 is 5.32 Å². The van der Waals surface area contributed by atoms with Gasteiger partial charge in [-0.3, -0.25) is 9.69 Å². The molecule has 3 amide bonds. The third-order valence-electron chi connectivity index (χ3n) is 3.75. The molecule has 2 aromatic carbocycles. The van der Waals surface area contributed by atoms with Gasteiger partial charge in [-0.15, -0.1) is 0 Å². The molecule has 3 rings (SSSR count). The number of urea groups is 1. The van der Waals surface area contributed by atoms with Gasteiger partial charge in [-0.25, -0.2) is 4.79 Å². The van der Waals surface area contributed by atoms with Gasteiger partial charge in [0.2, 0.25) is 5.91 Å². The van der Waals surface area contributed by atoms with Crippen LogP contribution in [0.15, 0.2) is 65.9 Å². The van der Waals surface area contributed by atoms with E-state index in [4.69, 9.17) is 11.6 Å². The van der Waals surface area contributed by atoms with Crippen molar-refractivity contribution in [2.45, 2.75) is 13.5 Å². The molecule has 26 heavy (non-hydrogen) atoms. The van der Waals surface area contributed by atoms with E-state index in [0.29, 0.717) is 28.6 Å². The molecule has 0 saturated heterocycles. The van der Waals surface area contributed by atoms with Crippen molar-refractivity contribution in [2.75, 3.05) is 10.3 Å². The Bertz CT molecular complexity index is 893. The van der Waals surface area contributed by atoms with Crippen LogP contribution in [-0.4, -0.2) is 23.1 Å². The quantitative estimate of drug-likeness (QED) is 0.877. The number of hydrogen-bond acceptors (Lipinski definition) is 3. The zero-order valence-electron chi connectivity index (χ0n) is 14.1. The zero-order valence-corrected chi connectivity index (χ0v) is 14.9. The molecule has 0 saturated carbocycles. The van der Waals surface area contributed by atoms with Crippen molar-refractivity contribution in [1.82, 2.24) is 4.90 Å². The number of halogens is 1. The van der Waals surface area contributed by atoms with Crippen molar-refractivity contribution in [3.63, 3.8) is 0 Å². The molecule has 7 heteroatoms. The molecule has 0 aliphatic carbocycles. The van der Waals surface area contributed by atoms with Gasteiger partial charge in [-0.1, -0.05) is 36.4 Å². The lowest BCUT2D eigenvalue weighted by Gasteiger charge is -2.31. The summed E-state index contributed by atoms with van der Waals surface area (Å²) in [5.41, 5.74) is 2.56. The average molecular weight is 369 g/mol. The Hall–Kier alpha value is -3.12. The summed E-state index contributed by atoms with van der Waals surface area (Å²) in [6.45, 7) is 5.67. The number of carbonyl (C=O) groups is 2. The summed E-state index contributed by atoms with van der Waals surface area (Å²) in [4.78, 5) is 25.7. The van der Waals surface area contributed by atoms with E-state index in [1.165, 1.54) is 23.0 Å². The first-order chi connectivity index (χ1) is 12.4. The van der Waals surface area contributed by atoms with Gasteiger partial charge in [0.05, 0.1) is 24.1 Å². The number of amides is 3. The molecule has 0 unspecified atom stereocenters. The van der Waals surface area contributed by atoms with Gasteiger partial charge in [0, 0.05) is 17.6 Å². The normalized spacial score (nSPS) is 13.9. The minimum atomic E-state index is -0.326. The van der Waals surface area contributed by atoms with Crippen LogP contribution in [0.1, 0.15) is 12.5 Å². The third kappa shape index (κ3) is 3.92. The van der Waals surface area contributed by atoms with E-state index in [1.807, 2.05) is 12.1 Å². The molecule has 0 atom stereocenters. The monoisotopic (exact) mass is 368 g/mol. The van der Waals surface area contributed by atoms with Crippen LogP contribution < -0.4 is 10.3 Å². The number of hydrazone groups is 1. The second-order valence-electron chi connectivity index (χ2n) is 5.77. The Balaban J connectivity index is 1.84. The predicted octanol–water partition coefficient (Wildman–Crippen LogP) is 4.24. The number of carbonyl (C=O) groups excluding carboxylic acids is 2. The van der Waals surface area contributed by atoms with E-state index in [2.05, 4.69) is 17.0 Å². The van der Waals surface area contributed by atoms with E-state index in [0.717, 1.165) is 5.56 Å². The molecule has 1 heterocycles. The highest BCUT2D eigenvalue weighted by Crippen LogP contribution is 2.25. The molecule has 2 aromatic rings. The minimum absolute atomic E-state index is 0.187. The maximum absolute atomic E-state index is 12.9. The van der Waals surface area contributed by atoms with Gasteiger partial charge in [0.25, 0.3) is 0 Å². The van der Waals surface area contributed by atoms with Crippen molar-refractivity contribution in [1.29, 1.82) is 0 Å². The molecule has 0 fully saturated rings. The summed E-state index contributed by atoms with van der Waals surface area (Å²) in [7, 11) is 0. The largest absolute Gasteiger partial charge is 0.350 e. The van der Waals surface area contributed by atoms with Crippen LogP contribution in [0.5, 0.6) is 0 Å². The Morgan fingerprint density at radius 3 is 2.65 bits per heavy atom. The van der Waals surface area contributed by atoms with Crippen LogP contribution in [0.3, 0.4) is 0 Å². The van der Waals surface area contributed by atoms with Crippen molar-refractivity contribution in [3.05, 3.63) is 71.4 Å². The standard InChI is InChI=1S/C19H17ClN4O2/c1-13-11-21-24(18-5-3-4-17(10-18)22-14(2)25)19(26)23(13)12-15-6-8-16(20)9-7-15/h3-11H,1,12H2,2H3,(H,22,25). The summed E-state index contributed by atoms with van der Waals surface area (Å²) in [6.07, 6.45) is 1.53. The maximum Gasteiger partial charge on any atom is 0.350 e. The number of hydrogen-bond donors (Lipinski definition) is 1. The first kappa shape index (κ1) is 17.7. The SMILES string of the molecule is C=C1C=NN(c2cccc(NC(C)=O)c2)C(=O)N1Cc1ccc(Cl)cc1. The molecule has 0 spiro atoms. The Morgan fingerprint density at radius 1 is 1.23 bits per heavy atom. The molecule has 132 valence electrons. The van der Waals surface area contributed by atoms with Crippen LogP contribution in [0.4, 0.5) is 16.2 Å². The lowest BCUT2D eigenvalue weighted by molar-refractivity contribution is -0.114. The Labute approximate surface area is 156 Å². The zero-order chi connectivity index (χ0) is 18.7. The molecule has 0 bridgehead atoms. The highest BCUT2D eigenvalue weighted by molar-refractivity contribution is 6.30. The van der Waals surface area contributed by atoms with Crippen molar-refractivity contribution >= 4 is 41.1 Å². The van der Waals surface area contributed by atoms with Gasteiger partial charge >= 0.3 is 6.03 Å². The van der Waals surface area contributed by atoms with E-state index < -0.39 is 0 Å². The first-order valence-corrected chi connectivity index (χ1v) is 8.28. The van der Waals surface area contributed by atoms with Gasteiger partial charge in [0.1, 0.15) is 0 Å². The first-order valence-electron chi connectivity index (χ1n) is 7.90. The molecule has 0 aromatic heterocycles. The molecular formula is C19H17ClN4O2. The highest BCUT2D eigenvalue weighted by atomic mass is 35.5. The Kier molecular flexibility index (Phi) is 5.04. The molecular weight excluding hydrogens is 352 g/mol. The maximum atomic E-state index is 12.9. The smallest absolute Gasteiger partial charge is 0.326 e. The molecule has 1 N–H and O–H groups in total. The van der Waals surface area contributed by atoms with E-state index >= 15 is 0 Å². The topological polar surface area (TPSA) is 65.0 Å². The van der Waals surface area contributed by atoms with Crippen LogP contribution in [0, 0.1) is 0 Å². The van der Waals surface area contributed by atoms with E-state index in [-0.39, 0.29) is 11.9 Å². The van der Waals surface area contributed by atoms with Crippen molar-refractivity contribution in [3.8, 4) is 0 Å². The minimum Gasteiger partial charge on any atom is -0.326 e. The summed E-state index contributed by atoms with van der Waals surface area (Å²) >= 11 is 5.91. The highest BCUT2D eigenvalue weighted by Gasteiger charge is 2.27. The number of allylic oxidation sites excluding steroid dienone is 1. The fourth-order valence-electron chi connectivity index (χ4n) is 2.52. The number of anilines is 2. The summed E-state index contributed by atoms with van der Waals surface area (Å²) in [6, 6.07) is 13.9. The fourth-order valence-corrected chi connectivity index (χ4v) is 2.64. The summed E-state index contributed by atoms with van der Waals surface area (Å²) in [5.74, 6) is -0.187. The second kappa shape index (κ2) is 7.41. The van der Waals surface area contributed by atoms with Crippen molar-refractivity contribution in [2.24, 2.45) is 5.10 Å². The van der Waals surface area contributed by atoms with E-state index in [1.54, 1.807) is 36.4 Å². The van der Waals surface area contributed by atoms with Crippen molar-refractivity contribution < 1.29 is 9.59 Å². The Morgan fingerprint density at radius 2 is 1.96 bits per heavy atom. The summed E-state index contributed by atoms with van der Waals surface area (Å²) in [5, 5.41) is 8.77. The molecule has 6 nitrogen and oxygen atoms in total. The fraction of sp³-hybridized carbons (Fsp3) is 0.105. The van der Waals surface area contributed by atoms with Crippen LogP contribution in [0.25, 0.3) is 0 Å². The summed E-state index contributed by atoms with van der Waals surface area (Å²) < 4.78 is 0. The molecule has 1 aliphatic heterocycles. The van der Waals surface area contributed by atoms with Gasteiger partial charge in [0.15, 0.2) is 0 Å². The number of rotatable bonds is 4. The van der Waals surface area contributed by atoms with Crippen LogP contribution in [-0.2, 0) is 11.3 Å². The molecule has 1 aliphatic rings. The lowest BCUT2D eigenvalue weighted by Crippen LogP contribution is -2.43. The number of benzene rings is 2. The van der Waals surface area contributed by atoms with E-state index in [9.17, 15) is 9.59 Å². The number of nitrogens with one attached hydrogen (secondary N) is 1. The molecule has 0 radical (unpaired) electrons. The lowest BCUT2D eigenvalue weighted by atomic mass is 10.2. The predicted molar refractivity (Wildman–Crippen MR) is 103 cm³/mol.